The van der Waals surface area contributed by atoms with Crippen molar-refractivity contribution in [3.63, 3.8) is 0 Å². The zero-order valence-corrected chi connectivity index (χ0v) is 27.7. The van der Waals surface area contributed by atoms with E-state index in [1.165, 1.54) is 141 Å². The SMILES string of the molecule is CCCCCCCCCCCCCC[PH](CCCCCC)(CCCCCC)CCCCCC.N#CNC#N. The van der Waals surface area contributed by atoms with Crippen LogP contribution in [0.4, 0.5) is 0 Å². The Labute approximate surface area is 241 Å². The molecule has 0 aromatic rings. The summed E-state index contributed by atoms with van der Waals surface area (Å²) in [5.41, 5.74) is 0. The first kappa shape index (κ1) is 39.4. The fourth-order valence-corrected chi connectivity index (χ4v) is 11.4. The second kappa shape index (κ2) is 34.2. The van der Waals surface area contributed by atoms with E-state index in [0.29, 0.717) is 0 Å². The molecule has 38 heavy (non-hydrogen) atoms. The van der Waals surface area contributed by atoms with Crippen LogP contribution in [0.25, 0.3) is 0 Å². The summed E-state index contributed by atoms with van der Waals surface area (Å²) in [7, 11) is -1.04. The Morgan fingerprint density at radius 3 is 0.789 bits per heavy atom. The predicted molar refractivity (Wildman–Crippen MR) is 176 cm³/mol. The normalized spacial score (nSPS) is 11.3. The maximum absolute atomic E-state index is 7.48. The number of hydrogen-bond acceptors (Lipinski definition) is 3. The van der Waals surface area contributed by atoms with Crippen molar-refractivity contribution in [3.8, 4) is 12.4 Å². The van der Waals surface area contributed by atoms with Crippen LogP contribution in [-0.4, -0.2) is 24.6 Å². The Kier molecular flexibility index (Phi) is 35.5. The van der Waals surface area contributed by atoms with E-state index in [2.05, 4.69) is 27.7 Å². The number of hydrogen-bond donors (Lipinski definition) is 1. The van der Waals surface area contributed by atoms with Crippen LogP contribution >= 0.6 is 7.26 Å². The van der Waals surface area contributed by atoms with Gasteiger partial charge < -0.3 is 0 Å². The largest absolute Gasteiger partial charge is 0.229 e. The number of unbranched alkanes of at least 4 members (excludes halogenated alkanes) is 20. The first-order valence-corrected chi connectivity index (χ1v) is 20.0. The summed E-state index contributed by atoms with van der Waals surface area (Å²) in [5.74, 6) is 0. The van der Waals surface area contributed by atoms with Gasteiger partial charge in [-0.05, 0) is 0 Å². The Morgan fingerprint density at radius 1 is 0.368 bits per heavy atom. The molecule has 0 heterocycles. The average molecular weight is 552 g/mol. The molecule has 0 radical (unpaired) electrons. The molecule has 3 nitrogen and oxygen atoms in total. The molecule has 0 saturated heterocycles. The summed E-state index contributed by atoms with van der Waals surface area (Å²) < 4.78 is 0. The second-order valence-electron chi connectivity index (χ2n) is 11.9. The molecule has 0 aliphatic heterocycles. The Balaban J connectivity index is 0. The van der Waals surface area contributed by atoms with Crippen LogP contribution in [0.1, 0.15) is 182 Å². The van der Waals surface area contributed by atoms with Gasteiger partial charge in [0.1, 0.15) is 0 Å². The fourth-order valence-electron chi connectivity index (χ4n) is 5.90. The van der Waals surface area contributed by atoms with Crippen molar-refractivity contribution in [1.82, 2.24) is 5.32 Å². The standard InChI is InChI=1S/C32H69P.C2HN3/c1-5-9-13-17-18-19-20-21-22-23-24-28-32-33(29-25-14-10-6-2,30-26-15-11-7-3)31-27-16-12-8-4;3-1-5-2-4/h33H,5-32H2,1-4H3;5H. The molecule has 0 aliphatic carbocycles. The number of rotatable bonds is 28. The molecule has 4 heteroatoms. The third-order valence-corrected chi connectivity index (χ3v) is 14.0. The zero-order valence-electron chi connectivity index (χ0n) is 26.7. The van der Waals surface area contributed by atoms with Crippen LogP contribution in [0.15, 0.2) is 0 Å². The van der Waals surface area contributed by atoms with Gasteiger partial charge >= 0.3 is 200 Å². The Morgan fingerprint density at radius 2 is 0.579 bits per heavy atom. The monoisotopic (exact) mass is 552 g/mol. The minimum atomic E-state index is -1.04. The molecule has 0 spiro atoms. The Bertz CT molecular complexity index is 480. The summed E-state index contributed by atoms with van der Waals surface area (Å²) in [6, 6.07) is 0. The molecule has 0 bridgehead atoms. The van der Waals surface area contributed by atoms with Gasteiger partial charge in [-0.25, -0.2) is 5.32 Å². The van der Waals surface area contributed by atoms with Gasteiger partial charge in [0.15, 0.2) is 12.4 Å². The maximum atomic E-state index is 7.48. The van der Waals surface area contributed by atoms with E-state index in [-0.39, 0.29) is 0 Å². The minimum absolute atomic E-state index is 1.04. The van der Waals surface area contributed by atoms with E-state index in [4.69, 9.17) is 10.5 Å². The van der Waals surface area contributed by atoms with Gasteiger partial charge in [-0.3, -0.25) is 0 Å². The van der Waals surface area contributed by atoms with Crippen LogP contribution in [0.5, 0.6) is 0 Å². The first-order valence-electron chi connectivity index (χ1n) is 17.2. The Hall–Kier alpha value is -0.790. The van der Waals surface area contributed by atoms with Crippen molar-refractivity contribution in [3.05, 3.63) is 0 Å². The van der Waals surface area contributed by atoms with Crippen LogP contribution in [0.3, 0.4) is 0 Å². The van der Waals surface area contributed by atoms with Gasteiger partial charge in [-0.15, -0.1) is 0 Å². The fraction of sp³-hybridized carbons (Fsp3) is 0.941. The summed E-state index contributed by atoms with van der Waals surface area (Å²) in [6.07, 6.45) is 45.1. The molecule has 226 valence electrons. The number of nitriles is 2. The molecule has 0 saturated carbocycles. The average Bonchev–Trinajstić information content (AvgIpc) is 2.93. The third-order valence-electron chi connectivity index (χ3n) is 8.35. The molecule has 0 fully saturated rings. The molecule has 0 atom stereocenters. The van der Waals surface area contributed by atoms with E-state index < -0.39 is 7.26 Å². The predicted octanol–water partition coefficient (Wildman–Crippen LogP) is 11.7. The van der Waals surface area contributed by atoms with Crippen LogP contribution < -0.4 is 5.32 Å². The van der Waals surface area contributed by atoms with Gasteiger partial charge in [0, 0.05) is 0 Å². The van der Waals surface area contributed by atoms with Crippen molar-refractivity contribution < 1.29 is 0 Å². The van der Waals surface area contributed by atoms with E-state index in [9.17, 15) is 0 Å². The summed E-state index contributed by atoms with van der Waals surface area (Å²) in [4.78, 5) is 0. The van der Waals surface area contributed by atoms with Gasteiger partial charge in [0.05, 0.1) is 0 Å². The van der Waals surface area contributed by atoms with E-state index in [1.54, 1.807) is 55.6 Å². The molecule has 0 rings (SSSR count). The summed E-state index contributed by atoms with van der Waals surface area (Å²) >= 11 is 0. The van der Waals surface area contributed by atoms with Crippen molar-refractivity contribution >= 4 is 7.26 Å². The molecule has 1 N–H and O–H groups in total. The van der Waals surface area contributed by atoms with Crippen LogP contribution in [0.2, 0.25) is 0 Å². The molecule has 0 aromatic heterocycles. The molecule has 0 aliphatic rings. The van der Waals surface area contributed by atoms with Gasteiger partial charge in [-0.2, -0.15) is 10.5 Å². The third kappa shape index (κ3) is 29.8. The first-order chi connectivity index (χ1) is 18.7. The van der Waals surface area contributed by atoms with Crippen molar-refractivity contribution in [2.45, 2.75) is 182 Å². The quantitative estimate of drug-likeness (QED) is 0.0455. The van der Waals surface area contributed by atoms with Gasteiger partial charge in [0.2, 0.25) is 0 Å². The van der Waals surface area contributed by atoms with E-state index >= 15 is 0 Å². The summed E-state index contributed by atoms with van der Waals surface area (Å²) in [5, 5.41) is 16.7. The van der Waals surface area contributed by atoms with E-state index in [1.807, 2.05) is 0 Å². The van der Waals surface area contributed by atoms with Crippen molar-refractivity contribution in [1.29, 1.82) is 10.5 Å². The molecule has 0 unspecified atom stereocenters. The van der Waals surface area contributed by atoms with Crippen molar-refractivity contribution in [2.75, 3.05) is 24.6 Å². The minimum Gasteiger partial charge on any atom is -0.229 e. The molecule has 0 aromatic carbocycles. The van der Waals surface area contributed by atoms with Crippen LogP contribution in [-0.2, 0) is 0 Å². The molecular formula is C34H70N3P. The molecular weight excluding hydrogens is 481 g/mol. The second-order valence-corrected chi connectivity index (χ2v) is 16.9. The van der Waals surface area contributed by atoms with Crippen LogP contribution in [0, 0.1) is 22.9 Å². The topological polar surface area (TPSA) is 59.6 Å². The van der Waals surface area contributed by atoms with Gasteiger partial charge in [0.25, 0.3) is 0 Å². The molecule has 0 amide bonds. The van der Waals surface area contributed by atoms with Crippen molar-refractivity contribution in [2.24, 2.45) is 0 Å². The summed E-state index contributed by atoms with van der Waals surface area (Å²) in [6.45, 7) is 9.42. The van der Waals surface area contributed by atoms with E-state index in [0.717, 1.165) is 0 Å². The zero-order chi connectivity index (χ0) is 28.4. The smallest absolute Gasteiger partial charge is 0.190 e. The number of nitrogens with one attached hydrogen (secondary N) is 1. The number of nitrogens with zero attached hydrogens (tertiary/aromatic N) is 2. The maximum Gasteiger partial charge on any atom is 0.190 e. The van der Waals surface area contributed by atoms with Gasteiger partial charge in [-0.1, -0.05) is 13.3 Å².